The maximum absolute atomic E-state index is 12.1. The molecule has 0 aliphatic carbocycles. The number of unbranched alkanes of at least 4 members (excludes halogenated alkanes) is 2. The average Bonchev–Trinajstić information content (AvgIpc) is 2.74. The number of hydrogen-bond donors (Lipinski definition) is 2. The summed E-state index contributed by atoms with van der Waals surface area (Å²) in [7, 11) is -0.742. The van der Waals surface area contributed by atoms with Crippen molar-refractivity contribution in [3.8, 4) is 0 Å². The van der Waals surface area contributed by atoms with E-state index in [9.17, 15) is 9.82 Å². The van der Waals surface area contributed by atoms with Crippen LogP contribution in [-0.2, 0) is 19.0 Å². The van der Waals surface area contributed by atoms with E-state index >= 15 is 0 Å². The second-order valence-corrected chi connectivity index (χ2v) is 5.97. The molecule has 122 valence electrons. The smallest absolute Gasteiger partial charge is 0.374 e. The van der Waals surface area contributed by atoms with Gasteiger partial charge in [-0.15, -0.1) is 0 Å². The van der Waals surface area contributed by atoms with Crippen molar-refractivity contribution in [1.82, 2.24) is 5.23 Å². The third-order valence-electron chi connectivity index (χ3n) is 3.30. The quantitative estimate of drug-likeness (QED) is 0.380. The maximum Gasteiger partial charge on any atom is 0.374 e. The molecule has 0 aromatic rings. The molecule has 1 aliphatic rings. The van der Waals surface area contributed by atoms with Gasteiger partial charge in [0.15, 0.2) is 5.79 Å². The zero-order chi connectivity index (χ0) is 15.9. The molecule has 0 radical (unpaired) electrons. The Morgan fingerprint density at radius 2 is 2.24 bits per heavy atom. The Labute approximate surface area is 127 Å². The van der Waals surface area contributed by atoms with Crippen LogP contribution in [0.3, 0.4) is 0 Å². The van der Waals surface area contributed by atoms with Gasteiger partial charge in [-0.3, -0.25) is 4.79 Å². The van der Waals surface area contributed by atoms with Crippen LogP contribution < -0.4 is 5.23 Å². The van der Waals surface area contributed by atoms with Crippen molar-refractivity contribution in [2.75, 3.05) is 13.2 Å². The van der Waals surface area contributed by atoms with Crippen LogP contribution in [0.25, 0.3) is 0 Å². The molecule has 0 saturated carbocycles. The molecule has 0 bridgehead atoms. The summed E-state index contributed by atoms with van der Waals surface area (Å²) in [6.07, 6.45) is 3.49. The summed E-state index contributed by atoms with van der Waals surface area (Å²) in [5.41, 5.74) is 0. The number of rotatable bonds is 9. The molecule has 2 atom stereocenters. The monoisotopic (exact) mass is 301 g/mol. The van der Waals surface area contributed by atoms with Gasteiger partial charge in [0.1, 0.15) is 12.7 Å². The molecule has 21 heavy (non-hydrogen) atoms. The predicted octanol–water partition coefficient (Wildman–Crippen LogP) is 1.33. The van der Waals surface area contributed by atoms with Crippen molar-refractivity contribution in [3.63, 3.8) is 0 Å². The first-order valence-corrected chi connectivity index (χ1v) is 7.76. The second kappa shape index (κ2) is 8.73. The second-order valence-electron chi connectivity index (χ2n) is 5.97. The van der Waals surface area contributed by atoms with E-state index in [1.165, 1.54) is 0 Å². The number of ether oxygens (including phenoxy) is 3. The molecule has 7 heteroatoms. The van der Waals surface area contributed by atoms with Crippen molar-refractivity contribution in [1.29, 1.82) is 0 Å². The number of esters is 1. The van der Waals surface area contributed by atoms with Gasteiger partial charge in [-0.25, -0.2) is 0 Å². The topological polar surface area (TPSA) is 77.0 Å². The molecule has 1 aliphatic heterocycles. The lowest BCUT2D eigenvalue weighted by molar-refractivity contribution is -0.159. The molecule has 1 fully saturated rings. The van der Waals surface area contributed by atoms with Crippen LogP contribution in [0.1, 0.15) is 46.5 Å². The summed E-state index contributed by atoms with van der Waals surface area (Å²) < 4.78 is 16.3. The standard InChI is InChI=1S/C14H28BNO5/c1-5-6-7-8-12(16-15(4)18)13(17)19-9-11-10-20-14(2,3)21-11/h11-12,16,18H,5-10H2,1-4H3/t11?,12-/m0/s1. The van der Waals surface area contributed by atoms with Gasteiger partial charge in [0.25, 0.3) is 0 Å². The van der Waals surface area contributed by atoms with Crippen LogP contribution in [0.2, 0.25) is 6.82 Å². The summed E-state index contributed by atoms with van der Waals surface area (Å²) in [4.78, 5) is 12.1. The van der Waals surface area contributed by atoms with Crippen LogP contribution in [0.4, 0.5) is 0 Å². The molecule has 1 saturated heterocycles. The Morgan fingerprint density at radius 3 is 2.76 bits per heavy atom. The van der Waals surface area contributed by atoms with E-state index in [0.29, 0.717) is 13.0 Å². The minimum absolute atomic E-state index is 0.175. The molecular weight excluding hydrogens is 273 g/mol. The normalized spacial score (nSPS) is 22.0. The third kappa shape index (κ3) is 7.26. The van der Waals surface area contributed by atoms with E-state index in [2.05, 4.69) is 12.2 Å². The van der Waals surface area contributed by atoms with Gasteiger partial charge in [0.2, 0.25) is 0 Å². The minimum atomic E-state index is -0.742. The first kappa shape index (κ1) is 18.4. The third-order valence-corrected chi connectivity index (χ3v) is 3.30. The van der Waals surface area contributed by atoms with E-state index in [1.54, 1.807) is 6.82 Å². The van der Waals surface area contributed by atoms with Crippen molar-refractivity contribution >= 4 is 13.0 Å². The van der Waals surface area contributed by atoms with Gasteiger partial charge >= 0.3 is 13.0 Å². The first-order chi connectivity index (χ1) is 9.84. The molecule has 0 aromatic carbocycles. The van der Waals surface area contributed by atoms with Gasteiger partial charge in [-0.05, 0) is 27.1 Å². The van der Waals surface area contributed by atoms with E-state index < -0.39 is 18.9 Å². The molecule has 0 aromatic heterocycles. The van der Waals surface area contributed by atoms with E-state index in [4.69, 9.17) is 14.2 Å². The molecule has 6 nitrogen and oxygen atoms in total. The highest BCUT2D eigenvalue weighted by Gasteiger charge is 2.34. The molecule has 1 unspecified atom stereocenters. The summed E-state index contributed by atoms with van der Waals surface area (Å²) in [5, 5.41) is 12.3. The van der Waals surface area contributed by atoms with E-state index in [0.717, 1.165) is 19.3 Å². The molecule has 0 spiro atoms. The van der Waals surface area contributed by atoms with Crippen LogP contribution >= 0.6 is 0 Å². The van der Waals surface area contributed by atoms with Crippen LogP contribution in [0.15, 0.2) is 0 Å². The van der Waals surface area contributed by atoms with Gasteiger partial charge in [-0.2, -0.15) is 0 Å². The minimum Gasteiger partial charge on any atom is -0.462 e. The van der Waals surface area contributed by atoms with Gasteiger partial charge < -0.3 is 24.5 Å². The average molecular weight is 301 g/mol. The Morgan fingerprint density at radius 1 is 1.52 bits per heavy atom. The van der Waals surface area contributed by atoms with E-state index in [-0.39, 0.29) is 18.7 Å². The molecule has 2 N–H and O–H groups in total. The zero-order valence-corrected chi connectivity index (χ0v) is 13.6. The number of carbonyl (C=O) groups excluding carboxylic acids is 1. The highest BCUT2D eigenvalue weighted by atomic mass is 16.7. The predicted molar refractivity (Wildman–Crippen MR) is 80.8 cm³/mol. The van der Waals surface area contributed by atoms with Crippen molar-refractivity contribution < 1.29 is 24.0 Å². The summed E-state index contributed by atoms with van der Waals surface area (Å²) >= 11 is 0. The number of carbonyl (C=O) groups is 1. The number of hydrogen-bond acceptors (Lipinski definition) is 6. The Hall–Kier alpha value is -0.625. The van der Waals surface area contributed by atoms with Crippen molar-refractivity contribution in [2.24, 2.45) is 0 Å². The largest absolute Gasteiger partial charge is 0.462 e. The lowest BCUT2D eigenvalue weighted by Gasteiger charge is -2.20. The van der Waals surface area contributed by atoms with Crippen LogP contribution in [0.5, 0.6) is 0 Å². The first-order valence-electron chi connectivity index (χ1n) is 7.76. The van der Waals surface area contributed by atoms with Gasteiger partial charge in [0, 0.05) is 0 Å². The fourth-order valence-corrected chi connectivity index (χ4v) is 2.28. The SMILES string of the molecule is CCCCC[C@H](NB(C)O)C(=O)OCC1COC(C)(C)O1. The lowest BCUT2D eigenvalue weighted by atomic mass is 9.86. The van der Waals surface area contributed by atoms with Crippen LogP contribution in [-0.4, -0.2) is 49.2 Å². The molecular formula is C14H28BNO5. The van der Waals surface area contributed by atoms with Crippen molar-refractivity contribution in [3.05, 3.63) is 0 Å². The van der Waals surface area contributed by atoms with Gasteiger partial charge in [-0.1, -0.05) is 26.2 Å². The fraction of sp³-hybridized carbons (Fsp3) is 0.929. The fourth-order valence-electron chi connectivity index (χ4n) is 2.28. The van der Waals surface area contributed by atoms with Gasteiger partial charge in [0.05, 0.1) is 12.6 Å². The Kier molecular flexibility index (Phi) is 7.66. The molecule has 1 rings (SSSR count). The summed E-state index contributed by atoms with van der Waals surface area (Å²) in [6, 6.07) is -0.480. The number of nitrogens with one attached hydrogen (secondary N) is 1. The van der Waals surface area contributed by atoms with E-state index in [1.807, 2.05) is 13.8 Å². The molecule has 0 amide bonds. The maximum atomic E-state index is 12.1. The Balaban J connectivity index is 2.37. The zero-order valence-electron chi connectivity index (χ0n) is 13.6. The molecule has 1 heterocycles. The highest BCUT2D eigenvalue weighted by Crippen LogP contribution is 2.22. The summed E-state index contributed by atoms with van der Waals surface area (Å²) in [6.45, 7) is 7.96. The van der Waals surface area contributed by atoms with Crippen LogP contribution in [0, 0.1) is 0 Å². The Bertz CT molecular complexity index is 324. The highest BCUT2D eigenvalue weighted by molar-refractivity contribution is 6.46. The van der Waals surface area contributed by atoms with Crippen molar-refractivity contribution in [2.45, 2.75) is 71.2 Å². The lowest BCUT2D eigenvalue weighted by Crippen LogP contribution is -2.46. The summed E-state index contributed by atoms with van der Waals surface area (Å²) in [5.74, 6) is -0.963.